The molecule has 4 heterocycles. The number of likely N-dealkylation sites (tertiary alicyclic amines) is 2. The van der Waals surface area contributed by atoms with E-state index in [1.807, 2.05) is 11.0 Å². The first-order chi connectivity index (χ1) is 19.9. The lowest BCUT2D eigenvalue weighted by atomic mass is 9.83. The maximum atomic E-state index is 13.8. The number of hydrogen-bond acceptors (Lipinski definition) is 8. The Bertz CT molecular complexity index is 1260. The van der Waals surface area contributed by atoms with Gasteiger partial charge in [0, 0.05) is 56.3 Å². The van der Waals surface area contributed by atoms with Crippen LogP contribution in [0.2, 0.25) is 0 Å². The molecule has 220 valence electrons. The number of aliphatic carboxylic acids is 1. The van der Waals surface area contributed by atoms with Crippen molar-refractivity contribution < 1.29 is 34.1 Å². The van der Waals surface area contributed by atoms with Crippen molar-refractivity contribution in [3.8, 4) is 11.5 Å². The lowest BCUT2D eigenvalue weighted by molar-refractivity contribution is -0.143. The van der Waals surface area contributed by atoms with Gasteiger partial charge in [-0.2, -0.15) is 0 Å². The molecule has 0 radical (unpaired) electrons. The van der Waals surface area contributed by atoms with E-state index < -0.39 is 23.8 Å². The minimum atomic E-state index is -0.957. The largest absolute Gasteiger partial charge is 0.481 e. The van der Waals surface area contributed by atoms with E-state index in [0.717, 1.165) is 24.8 Å². The van der Waals surface area contributed by atoms with Crippen LogP contribution in [0.15, 0.2) is 36.7 Å². The molecule has 0 bridgehead atoms. The zero-order valence-electron chi connectivity index (χ0n) is 23.4. The van der Waals surface area contributed by atoms with Gasteiger partial charge in [-0.15, -0.1) is 0 Å². The smallest absolute Gasteiger partial charge is 0.308 e. The summed E-state index contributed by atoms with van der Waals surface area (Å²) in [7, 11) is 0. The molecule has 2 amide bonds. The molecular weight excluding hydrogens is 528 g/mol. The number of aromatic nitrogens is 1. The standard InChI is InChI=1S/C30H38N4O7/c1-2-3-11-34(22-6-4-9-31-15-22)27(37)17-33-16-23(20-13-21(18-35)29-25(14-20)40-19-41-29)28(30(38)39)24(33)8-12-32-10-5-7-26(32)36/h4,6,9,13-15,23-24,28,35H,2-3,5,7-8,10-12,16-19H2,1H3,(H,38,39)/t23-,24+,28-/m1/s1. The number of ether oxygens (including phenoxy) is 2. The predicted molar refractivity (Wildman–Crippen MR) is 150 cm³/mol. The summed E-state index contributed by atoms with van der Waals surface area (Å²) in [5, 5.41) is 20.5. The number of amides is 2. The van der Waals surface area contributed by atoms with E-state index in [9.17, 15) is 24.6 Å². The molecule has 2 saturated heterocycles. The molecule has 0 saturated carbocycles. The number of carboxylic acids is 1. The molecule has 1 aromatic heterocycles. The summed E-state index contributed by atoms with van der Waals surface area (Å²) in [6, 6.07) is 6.75. The molecule has 3 atom stereocenters. The Kier molecular flexibility index (Phi) is 9.04. The molecule has 0 aliphatic carbocycles. The van der Waals surface area contributed by atoms with Gasteiger partial charge in [0.15, 0.2) is 11.5 Å². The lowest BCUT2D eigenvalue weighted by Gasteiger charge is -2.30. The number of anilines is 1. The van der Waals surface area contributed by atoms with Gasteiger partial charge in [0.05, 0.1) is 31.0 Å². The fourth-order valence-electron chi connectivity index (χ4n) is 6.34. The molecule has 5 rings (SSSR count). The number of carboxylic acid groups (broad SMARTS) is 1. The van der Waals surface area contributed by atoms with Crippen molar-refractivity contribution in [2.45, 2.75) is 57.6 Å². The summed E-state index contributed by atoms with van der Waals surface area (Å²) in [5.41, 5.74) is 1.97. The van der Waals surface area contributed by atoms with Crippen molar-refractivity contribution >= 4 is 23.5 Å². The topological polar surface area (TPSA) is 133 Å². The number of carbonyl (C=O) groups excluding carboxylic acids is 2. The summed E-state index contributed by atoms with van der Waals surface area (Å²) in [5.74, 6) is -1.33. The Balaban J connectivity index is 1.45. The van der Waals surface area contributed by atoms with Crippen molar-refractivity contribution in [2.24, 2.45) is 5.92 Å². The zero-order valence-corrected chi connectivity index (χ0v) is 23.4. The molecule has 1 aromatic carbocycles. The molecule has 0 unspecified atom stereocenters. The van der Waals surface area contributed by atoms with Crippen LogP contribution in [0, 0.1) is 5.92 Å². The van der Waals surface area contributed by atoms with Gasteiger partial charge in [0.25, 0.3) is 0 Å². The minimum Gasteiger partial charge on any atom is -0.481 e. The first kappa shape index (κ1) is 28.8. The number of benzene rings is 1. The van der Waals surface area contributed by atoms with E-state index in [4.69, 9.17) is 9.47 Å². The number of nitrogens with zero attached hydrogens (tertiary/aromatic N) is 4. The average Bonchev–Trinajstić information content (AvgIpc) is 3.70. The molecule has 2 N–H and O–H groups in total. The molecule has 3 aliphatic heterocycles. The van der Waals surface area contributed by atoms with Crippen LogP contribution < -0.4 is 14.4 Å². The highest BCUT2D eigenvalue weighted by Gasteiger charge is 2.48. The minimum absolute atomic E-state index is 0.0356. The summed E-state index contributed by atoms with van der Waals surface area (Å²) in [6.07, 6.45) is 6.82. The Hall–Kier alpha value is -3.70. The molecule has 41 heavy (non-hydrogen) atoms. The number of aliphatic hydroxyl groups excluding tert-OH is 1. The van der Waals surface area contributed by atoms with Crippen molar-refractivity contribution in [3.63, 3.8) is 0 Å². The lowest BCUT2D eigenvalue weighted by Crippen LogP contribution is -2.45. The Labute approximate surface area is 239 Å². The summed E-state index contributed by atoms with van der Waals surface area (Å²) < 4.78 is 11.1. The number of fused-ring (bicyclic) bond motifs is 1. The number of aliphatic hydroxyl groups is 1. The highest BCUT2D eigenvalue weighted by atomic mass is 16.7. The van der Waals surface area contributed by atoms with Crippen molar-refractivity contribution in [3.05, 3.63) is 47.8 Å². The zero-order chi connectivity index (χ0) is 28.9. The van der Waals surface area contributed by atoms with Crippen LogP contribution in [0.5, 0.6) is 11.5 Å². The third kappa shape index (κ3) is 6.15. The second-order valence-electron chi connectivity index (χ2n) is 10.9. The highest BCUT2D eigenvalue weighted by molar-refractivity contribution is 5.94. The Morgan fingerprint density at radius 2 is 2.10 bits per heavy atom. The van der Waals surface area contributed by atoms with Gasteiger partial charge in [-0.05, 0) is 49.1 Å². The SMILES string of the molecule is CCCCN(C(=O)CN1C[C@H](c2cc(CO)c3c(c2)OCO3)[C@@H](C(=O)O)[C@@H]1CCN1CCCC1=O)c1cccnc1. The first-order valence-electron chi connectivity index (χ1n) is 14.4. The molecule has 11 heteroatoms. The second-order valence-corrected chi connectivity index (χ2v) is 10.9. The number of rotatable bonds is 12. The predicted octanol–water partition coefficient (Wildman–Crippen LogP) is 2.62. The van der Waals surface area contributed by atoms with E-state index in [-0.39, 0.29) is 31.8 Å². The van der Waals surface area contributed by atoms with Crippen LogP contribution in [0.1, 0.15) is 56.1 Å². The van der Waals surface area contributed by atoms with Crippen LogP contribution in [0.4, 0.5) is 5.69 Å². The monoisotopic (exact) mass is 566 g/mol. The van der Waals surface area contributed by atoms with Crippen LogP contribution in [-0.2, 0) is 21.0 Å². The highest BCUT2D eigenvalue weighted by Crippen LogP contribution is 2.44. The van der Waals surface area contributed by atoms with Gasteiger partial charge in [-0.25, -0.2) is 0 Å². The Morgan fingerprint density at radius 1 is 1.24 bits per heavy atom. The van der Waals surface area contributed by atoms with Gasteiger partial charge in [-0.3, -0.25) is 24.3 Å². The number of carbonyl (C=O) groups is 3. The van der Waals surface area contributed by atoms with E-state index in [1.165, 1.54) is 0 Å². The summed E-state index contributed by atoms with van der Waals surface area (Å²) in [4.78, 5) is 48.7. The van der Waals surface area contributed by atoms with Gasteiger partial charge in [0.2, 0.25) is 18.6 Å². The van der Waals surface area contributed by atoms with Gasteiger partial charge in [0.1, 0.15) is 0 Å². The van der Waals surface area contributed by atoms with Crippen LogP contribution in [0.3, 0.4) is 0 Å². The first-order valence-corrected chi connectivity index (χ1v) is 14.4. The number of unbranched alkanes of at least 4 members (excludes halogenated alkanes) is 1. The quantitative estimate of drug-likeness (QED) is 0.398. The van der Waals surface area contributed by atoms with E-state index in [2.05, 4.69) is 11.9 Å². The van der Waals surface area contributed by atoms with Gasteiger partial charge in [-0.1, -0.05) is 13.3 Å². The molecular formula is C30H38N4O7. The normalized spacial score (nSPS) is 22.0. The average molecular weight is 567 g/mol. The molecule has 0 spiro atoms. The maximum absolute atomic E-state index is 13.8. The van der Waals surface area contributed by atoms with Gasteiger partial charge >= 0.3 is 5.97 Å². The maximum Gasteiger partial charge on any atom is 0.308 e. The fraction of sp³-hybridized carbons (Fsp3) is 0.533. The number of pyridine rings is 1. The van der Waals surface area contributed by atoms with Crippen molar-refractivity contribution in [1.82, 2.24) is 14.8 Å². The van der Waals surface area contributed by atoms with Crippen LogP contribution in [0.25, 0.3) is 0 Å². The second kappa shape index (κ2) is 12.9. The third-order valence-corrected chi connectivity index (χ3v) is 8.40. The molecule has 3 aliphatic rings. The Morgan fingerprint density at radius 3 is 2.78 bits per heavy atom. The van der Waals surface area contributed by atoms with E-state index in [0.29, 0.717) is 61.8 Å². The molecule has 2 aromatic rings. The van der Waals surface area contributed by atoms with E-state index in [1.54, 1.807) is 40.4 Å². The van der Waals surface area contributed by atoms with Gasteiger partial charge < -0.3 is 29.5 Å². The summed E-state index contributed by atoms with van der Waals surface area (Å²) >= 11 is 0. The van der Waals surface area contributed by atoms with Crippen LogP contribution >= 0.6 is 0 Å². The van der Waals surface area contributed by atoms with E-state index >= 15 is 0 Å². The van der Waals surface area contributed by atoms with Crippen molar-refractivity contribution in [1.29, 1.82) is 0 Å². The fourth-order valence-corrected chi connectivity index (χ4v) is 6.34. The van der Waals surface area contributed by atoms with Crippen LogP contribution in [-0.4, -0.2) is 88.3 Å². The third-order valence-electron chi connectivity index (χ3n) is 8.40. The summed E-state index contributed by atoms with van der Waals surface area (Å²) in [6.45, 7) is 3.84. The molecule has 2 fully saturated rings. The number of hydrogen-bond donors (Lipinski definition) is 2. The molecule has 11 nitrogen and oxygen atoms in total. The van der Waals surface area contributed by atoms with Crippen molar-refractivity contribution in [2.75, 3.05) is 44.4 Å².